The minimum atomic E-state index is -1.06. The van der Waals surface area contributed by atoms with Crippen LogP contribution in [0.1, 0.15) is 42.6 Å². The predicted octanol–water partition coefficient (Wildman–Crippen LogP) is 1.77. The molecule has 1 aliphatic heterocycles. The van der Waals surface area contributed by atoms with E-state index in [4.69, 9.17) is 4.98 Å². The van der Waals surface area contributed by atoms with Crippen LogP contribution in [0, 0.1) is 11.3 Å². The van der Waals surface area contributed by atoms with E-state index in [1.165, 1.54) is 22.9 Å². The van der Waals surface area contributed by atoms with Crippen LogP contribution in [-0.2, 0) is 22.4 Å². The maximum absolute atomic E-state index is 12.4. The van der Waals surface area contributed by atoms with E-state index in [1.54, 1.807) is 14.1 Å². The predicted molar refractivity (Wildman–Crippen MR) is 136 cm³/mol. The number of carboxylic acids is 1. The Hall–Kier alpha value is -3.78. The largest absolute Gasteiger partial charge is 0.480 e. The monoisotopic (exact) mass is 494 g/mol. The van der Waals surface area contributed by atoms with Gasteiger partial charge in [0.15, 0.2) is 11.5 Å². The lowest BCUT2D eigenvalue weighted by Crippen LogP contribution is -2.40. The molecule has 0 aromatic carbocycles. The fraction of sp³-hybridized carbons (Fsp3) is 0.520. The van der Waals surface area contributed by atoms with Gasteiger partial charge in [0.25, 0.3) is 0 Å². The van der Waals surface area contributed by atoms with Gasteiger partial charge in [-0.05, 0) is 56.7 Å². The molecule has 11 heteroatoms. The number of aliphatic carboxylic acids is 1. The van der Waals surface area contributed by atoms with Crippen LogP contribution in [0.4, 0.5) is 11.6 Å². The van der Waals surface area contributed by atoms with Crippen molar-refractivity contribution in [2.45, 2.75) is 44.6 Å². The number of nitrogens with zero attached hydrogens (tertiary/aromatic N) is 6. The van der Waals surface area contributed by atoms with Gasteiger partial charge in [-0.3, -0.25) is 9.69 Å². The Labute approximate surface area is 211 Å². The summed E-state index contributed by atoms with van der Waals surface area (Å²) in [6.45, 7) is 2.21. The van der Waals surface area contributed by atoms with Gasteiger partial charge < -0.3 is 20.6 Å². The molecule has 0 saturated heterocycles. The van der Waals surface area contributed by atoms with Crippen molar-refractivity contribution in [1.82, 2.24) is 24.8 Å². The molecule has 192 valence electrons. The number of nitrogens with one attached hydrogen (secondary N) is 2. The molecular formula is C25H34N8O3. The standard InChI is InChI=1S/C25H34N8O3/c1-32(2)22(34)17-33(14-4-3-7-19-9-8-18-6-5-11-28-23(18)30-19)15-10-20(25(35)36)31-24-21(16-26)27-12-13-29-24/h8-9,12-13,20H,3-7,10-11,14-15,17H2,1-2H3,(H,28,30)(H,29,31)(H,35,36)/t20-/m0/s1. The van der Waals surface area contributed by atoms with Crippen molar-refractivity contribution in [2.75, 3.05) is 50.9 Å². The molecule has 0 fully saturated rings. The summed E-state index contributed by atoms with van der Waals surface area (Å²) in [5, 5.41) is 25.1. The number of carbonyl (C=O) groups excluding carboxylic acids is 1. The van der Waals surface area contributed by atoms with Crippen LogP contribution < -0.4 is 10.6 Å². The molecule has 3 N–H and O–H groups in total. The third-order valence-electron chi connectivity index (χ3n) is 6.11. The van der Waals surface area contributed by atoms with Crippen LogP contribution in [0.2, 0.25) is 0 Å². The first kappa shape index (κ1) is 26.8. The Morgan fingerprint density at radius 2 is 2.03 bits per heavy atom. The van der Waals surface area contributed by atoms with Crippen molar-refractivity contribution >= 4 is 23.5 Å². The number of amides is 1. The van der Waals surface area contributed by atoms with Crippen LogP contribution in [0.15, 0.2) is 24.5 Å². The maximum Gasteiger partial charge on any atom is 0.326 e. The van der Waals surface area contributed by atoms with Gasteiger partial charge in [-0.2, -0.15) is 5.26 Å². The summed E-state index contributed by atoms with van der Waals surface area (Å²) in [4.78, 5) is 40.4. The van der Waals surface area contributed by atoms with Gasteiger partial charge in [0.1, 0.15) is 17.9 Å². The summed E-state index contributed by atoms with van der Waals surface area (Å²) in [5.74, 6) is 0.0238. The van der Waals surface area contributed by atoms with E-state index in [9.17, 15) is 20.0 Å². The molecule has 2 aromatic heterocycles. The van der Waals surface area contributed by atoms with E-state index in [0.717, 1.165) is 50.2 Å². The van der Waals surface area contributed by atoms with Crippen LogP contribution >= 0.6 is 0 Å². The van der Waals surface area contributed by atoms with Crippen molar-refractivity contribution in [3.63, 3.8) is 0 Å². The van der Waals surface area contributed by atoms with Crippen LogP contribution in [0.3, 0.4) is 0 Å². The molecule has 36 heavy (non-hydrogen) atoms. The molecule has 0 spiro atoms. The van der Waals surface area contributed by atoms with Gasteiger partial charge in [-0.1, -0.05) is 6.07 Å². The summed E-state index contributed by atoms with van der Waals surface area (Å²) in [6, 6.07) is 5.18. The molecule has 3 heterocycles. The summed E-state index contributed by atoms with van der Waals surface area (Å²) in [7, 11) is 3.41. The molecular weight excluding hydrogens is 460 g/mol. The Morgan fingerprint density at radius 1 is 1.22 bits per heavy atom. The Kier molecular flexibility index (Phi) is 9.94. The number of rotatable bonds is 13. The fourth-order valence-electron chi connectivity index (χ4n) is 4.01. The summed E-state index contributed by atoms with van der Waals surface area (Å²) in [5.41, 5.74) is 2.35. The number of fused-ring (bicyclic) bond motifs is 1. The first-order valence-electron chi connectivity index (χ1n) is 12.2. The summed E-state index contributed by atoms with van der Waals surface area (Å²) >= 11 is 0. The Bertz CT molecular complexity index is 1090. The molecule has 11 nitrogen and oxygen atoms in total. The molecule has 1 amide bonds. The minimum absolute atomic E-state index is 0.0365. The lowest BCUT2D eigenvalue weighted by atomic mass is 10.1. The quantitative estimate of drug-likeness (QED) is 0.352. The number of aromatic nitrogens is 3. The lowest BCUT2D eigenvalue weighted by Gasteiger charge is -2.25. The van der Waals surface area contributed by atoms with Gasteiger partial charge in [0, 0.05) is 45.3 Å². The highest BCUT2D eigenvalue weighted by molar-refractivity contribution is 5.78. The lowest BCUT2D eigenvalue weighted by molar-refractivity contribution is -0.138. The van der Waals surface area contributed by atoms with Gasteiger partial charge in [-0.15, -0.1) is 0 Å². The number of unbranched alkanes of at least 4 members (excludes halogenated alkanes) is 1. The topological polar surface area (TPSA) is 147 Å². The van der Waals surface area contributed by atoms with Crippen LogP contribution in [0.25, 0.3) is 0 Å². The number of hydrogen-bond donors (Lipinski definition) is 3. The van der Waals surface area contributed by atoms with Crippen molar-refractivity contribution in [3.05, 3.63) is 41.5 Å². The number of aryl methyl sites for hydroxylation is 2. The number of anilines is 2. The number of pyridine rings is 1. The molecule has 1 atom stereocenters. The SMILES string of the molecule is CN(C)C(=O)CN(CCCCc1ccc2c(n1)NCCC2)CC[C@H](Nc1nccnc1C#N)C(=O)O. The third kappa shape index (κ3) is 7.88. The van der Waals surface area contributed by atoms with E-state index >= 15 is 0 Å². The van der Waals surface area contributed by atoms with Crippen molar-refractivity contribution < 1.29 is 14.7 Å². The molecule has 2 aromatic rings. The zero-order valence-corrected chi connectivity index (χ0v) is 20.9. The number of hydrogen-bond acceptors (Lipinski definition) is 9. The van der Waals surface area contributed by atoms with Gasteiger partial charge in [0.05, 0.1) is 6.54 Å². The third-order valence-corrected chi connectivity index (χ3v) is 6.11. The Morgan fingerprint density at radius 3 is 2.78 bits per heavy atom. The number of carboxylic acid groups (broad SMARTS) is 1. The average Bonchev–Trinajstić information content (AvgIpc) is 2.88. The molecule has 3 rings (SSSR count). The average molecular weight is 495 g/mol. The zero-order chi connectivity index (χ0) is 25.9. The molecule has 1 aliphatic rings. The van der Waals surface area contributed by atoms with Crippen molar-refractivity contribution in [3.8, 4) is 6.07 Å². The van der Waals surface area contributed by atoms with Crippen LogP contribution in [0.5, 0.6) is 0 Å². The fourth-order valence-corrected chi connectivity index (χ4v) is 4.01. The maximum atomic E-state index is 12.4. The number of nitriles is 1. The molecule has 0 saturated carbocycles. The molecule has 0 unspecified atom stereocenters. The summed E-state index contributed by atoms with van der Waals surface area (Å²) < 4.78 is 0. The molecule has 0 radical (unpaired) electrons. The van der Waals surface area contributed by atoms with Gasteiger partial charge in [0.2, 0.25) is 5.91 Å². The van der Waals surface area contributed by atoms with E-state index in [2.05, 4.69) is 32.7 Å². The Balaban J connectivity index is 1.55. The highest BCUT2D eigenvalue weighted by atomic mass is 16.4. The van der Waals surface area contributed by atoms with E-state index in [1.807, 2.05) is 11.0 Å². The van der Waals surface area contributed by atoms with Crippen LogP contribution in [-0.4, -0.2) is 88.1 Å². The van der Waals surface area contributed by atoms with E-state index in [0.29, 0.717) is 13.1 Å². The molecule has 0 bridgehead atoms. The highest BCUT2D eigenvalue weighted by Crippen LogP contribution is 2.20. The highest BCUT2D eigenvalue weighted by Gasteiger charge is 2.22. The van der Waals surface area contributed by atoms with Crippen molar-refractivity contribution in [1.29, 1.82) is 5.26 Å². The van der Waals surface area contributed by atoms with Crippen molar-refractivity contribution in [2.24, 2.45) is 0 Å². The van der Waals surface area contributed by atoms with E-state index in [-0.39, 0.29) is 30.4 Å². The van der Waals surface area contributed by atoms with Gasteiger partial charge in [-0.25, -0.2) is 19.7 Å². The first-order chi connectivity index (χ1) is 17.4. The van der Waals surface area contributed by atoms with Gasteiger partial charge >= 0.3 is 5.97 Å². The molecule has 0 aliphatic carbocycles. The smallest absolute Gasteiger partial charge is 0.326 e. The second-order valence-electron chi connectivity index (χ2n) is 9.05. The summed E-state index contributed by atoms with van der Waals surface area (Å²) in [6.07, 6.45) is 7.80. The first-order valence-corrected chi connectivity index (χ1v) is 12.2. The zero-order valence-electron chi connectivity index (χ0n) is 20.9. The minimum Gasteiger partial charge on any atom is -0.480 e. The second-order valence-corrected chi connectivity index (χ2v) is 9.05. The normalized spacial score (nSPS) is 13.3. The second kappa shape index (κ2) is 13.3. The number of likely N-dealkylation sites (N-methyl/N-ethyl adjacent to an activating group) is 1. The van der Waals surface area contributed by atoms with E-state index < -0.39 is 12.0 Å². The number of carbonyl (C=O) groups is 2.